The van der Waals surface area contributed by atoms with Crippen molar-refractivity contribution in [2.45, 2.75) is 31.8 Å². The number of hydrogen-bond donors (Lipinski definition) is 1. The minimum atomic E-state index is -0.272. The predicted molar refractivity (Wildman–Crippen MR) is 68.1 cm³/mol. The molecule has 0 saturated carbocycles. The summed E-state index contributed by atoms with van der Waals surface area (Å²) in [6.07, 6.45) is 5.56. The minimum absolute atomic E-state index is 0.272. The summed E-state index contributed by atoms with van der Waals surface area (Å²) in [5, 5.41) is 10.7. The van der Waals surface area contributed by atoms with Crippen LogP contribution in [0.2, 0.25) is 10.0 Å². The van der Waals surface area contributed by atoms with E-state index in [1.54, 1.807) is 0 Å². The van der Waals surface area contributed by atoms with Gasteiger partial charge in [-0.05, 0) is 43.4 Å². The molecule has 1 aliphatic rings. The molecule has 16 heavy (non-hydrogen) atoms. The molecule has 0 amide bonds. The van der Waals surface area contributed by atoms with Crippen molar-refractivity contribution < 1.29 is 5.11 Å². The van der Waals surface area contributed by atoms with Gasteiger partial charge in [-0.2, -0.15) is 0 Å². The fourth-order valence-corrected chi connectivity index (χ4v) is 2.36. The third-order valence-corrected chi connectivity index (χ3v) is 3.58. The fourth-order valence-electron chi connectivity index (χ4n) is 2.04. The first-order chi connectivity index (χ1) is 7.65. The fraction of sp³-hybridized carbons (Fsp3) is 0.385. The molecule has 0 heterocycles. The van der Waals surface area contributed by atoms with Crippen LogP contribution in [0.3, 0.4) is 0 Å². The number of aliphatic hydroxyl groups is 1. The van der Waals surface area contributed by atoms with Crippen molar-refractivity contribution in [3.05, 3.63) is 45.5 Å². The molecule has 1 aliphatic carbocycles. The molecule has 1 aromatic rings. The Morgan fingerprint density at radius 1 is 1.25 bits per heavy atom. The molecule has 0 saturated heterocycles. The van der Waals surface area contributed by atoms with Gasteiger partial charge in [0.25, 0.3) is 0 Å². The quantitative estimate of drug-likeness (QED) is 0.794. The molecule has 0 spiro atoms. The summed E-state index contributed by atoms with van der Waals surface area (Å²) >= 11 is 11.8. The van der Waals surface area contributed by atoms with Gasteiger partial charge >= 0.3 is 0 Å². The highest BCUT2D eigenvalue weighted by molar-refractivity contribution is 6.42. The molecule has 1 N–H and O–H groups in total. The van der Waals surface area contributed by atoms with Crippen molar-refractivity contribution in [2.75, 3.05) is 0 Å². The summed E-state index contributed by atoms with van der Waals surface area (Å²) in [6, 6.07) is 5.70. The highest BCUT2D eigenvalue weighted by atomic mass is 35.5. The van der Waals surface area contributed by atoms with Crippen molar-refractivity contribution in [2.24, 2.45) is 0 Å². The van der Waals surface area contributed by atoms with Crippen LogP contribution in [0.1, 0.15) is 24.8 Å². The minimum Gasteiger partial charge on any atom is -0.389 e. The second-order valence-electron chi connectivity index (χ2n) is 4.21. The number of allylic oxidation sites excluding steroid dienone is 1. The zero-order chi connectivity index (χ0) is 11.5. The van der Waals surface area contributed by atoms with Gasteiger partial charge in [-0.15, -0.1) is 0 Å². The summed E-state index contributed by atoms with van der Waals surface area (Å²) in [6.45, 7) is 0. The summed E-state index contributed by atoms with van der Waals surface area (Å²) in [7, 11) is 0. The Labute approximate surface area is 106 Å². The third kappa shape index (κ3) is 3.00. The first kappa shape index (κ1) is 12.0. The molecule has 0 fully saturated rings. The Morgan fingerprint density at radius 2 is 2.06 bits per heavy atom. The van der Waals surface area contributed by atoms with Crippen LogP contribution in [0.15, 0.2) is 29.8 Å². The molecule has 0 bridgehead atoms. The van der Waals surface area contributed by atoms with E-state index in [0.717, 1.165) is 31.2 Å². The van der Waals surface area contributed by atoms with E-state index in [9.17, 15) is 5.11 Å². The first-order valence-corrected chi connectivity index (χ1v) is 6.22. The molecular formula is C13H14Cl2O. The Hall–Kier alpha value is -0.500. The van der Waals surface area contributed by atoms with Crippen LogP contribution < -0.4 is 0 Å². The van der Waals surface area contributed by atoms with Crippen molar-refractivity contribution in [1.82, 2.24) is 0 Å². The number of halogens is 2. The highest BCUT2D eigenvalue weighted by Gasteiger charge is 2.11. The average molecular weight is 257 g/mol. The van der Waals surface area contributed by atoms with Gasteiger partial charge in [-0.1, -0.05) is 40.9 Å². The van der Waals surface area contributed by atoms with Crippen LogP contribution in [0.4, 0.5) is 0 Å². The molecule has 1 atom stereocenters. The second-order valence-corrected chi connectivity index (χ2v) is 5.02. The largest absolute Gasteiger partial charge is 0.389 e. The van der Waals surface area contributed by atoms with Gasteiger partial charge in [-0.3, -0.25) is 0 Å². The van der Waals surface area contributed by atoms with E-state index in [0.29, 0.717) is 10.0 Å². The summed E-state index contributed by atoms with van der Waals surface area (Å²) in [5.74, 6) is 0. The third-order valence-electron chi connectivity index (χ3n) is 2.84. The van der Waals surface area contributed by atoms with E-state index >= 15 is 0 Å². The van der Waals surface area contributed by atoms with Gasteiger partial charge in [0.15, 0.2) is 0 Å². The normalized spacial score (nSPS) is 20.7. The van der Waals surface area contributed by atoms with Crippen molar-refractivity contribution in [3.8, 4) is 0 Å². The van der Waals surface area contributed by atoms with Gasteiger partial charge < -0.3 is 5.11 Å². The summed E-state index contributed by atoms with van der Waals surface area (Å²) in [4.78, 5) is 0. The molecule has 86 valence electrons. The van der Waals surface area contributed by atoms with E-state index in [4.69, 9.17) is 23.2 Å². The van der Waals surface area contributed by atoms with Gasteiger partial charge in [-0.25, -0.2) is 0 Å². The maximum atomic E-state index is 9.53. The van der Waals surface area contributed by atoms with Crippen LogP contribution >= 0.6 is 23.2 Å². The number of benzene rings is 1. The zero-order valence-electron chi connectivity index (χ0n) is 8.92. The van der Waals surface area contributed by atoms with Gasteiger partial charge in [0.2, 0.25) is 0 Å². The second kappa shape index (κ2) is 5.22. The molecule has 3 heteroatoms. The standard InChI is InChI=1S/C13H14Cl2O/c14-12-5-4-10(8-13(12)15)6-9-2-1-3-11(16)7-9/h4-5,7-8,11,16H,1-3,6H2. The molecule has 2 rings (SSSR count). The lowest BCUT2D eigenvalue weighted by molar-refractivity contribution is 0.202. The number of rotatable bonds is 2. The van der Waals surface area contributed by atoms with E-state index < -0.39 is 0 Å². The monoisotopic (exact) mass is 256 g/mol. The molecule has 1 unspecified atom stereocenters. The van der Waals surface area contributed by atoms with Crippen LogP contribution in [-0.4, -0.2) is 11.2 Å². The predicted octanol–water partition coefficient (Wildman–Crippen LogP) is 4.01. The van der Waals surface area contributed by atoms with Crippen LogP contribution in [0.5, 0.6) is 0 Å². The Balaban J connectivity index is 2.11. The smallest absolute Gasteiger partial charge is 0.0723 e. The molecular weight excluding hydrogens is 243 g/mol. The van der Waals surface area contributed by atoms with Crippen molar-refractivity contribution in [3.63, 3.8) is 0 Å². The lowest BCUT2D eigenvalue weighted by Crippen LogP contribution is -2.10. The maximum absolute atomic E-state index is 9.53. The first-order valence-electron chi connectivity index (χ1n) is 5.47. The average Bonchev–Trinajstić information content (AvgIpc) is 2.24. The van der Waals surface area contributed by atoms with Crippen molar-refractivity contribution >= 4 is 23.2 Å². The Morgan fingerprint density at radius 3 is 2.75 bits per heavy atom. The molecule has 0 aromatic heterocycles. The number of hydrogen-bond acceptors (Lipinski definition) is 1. The van der Waals surface area contributed by atoms with Crippen LogP contribution in [0, 0.1) is 0 Å². The van der Waals surface area contributed by atoms with Gasteiger partial charge in [0.1, 0.15) is 0 Å². The summed E-state index contributed by atoms with van der Waals surface area (Å²) < 4.78 is 0. The van der Waals surface area contributed by atoms with E-state index in [1.807, 2.05) is 24.3 Å². The molecule has 1 nitrogen and oxygen atoms in total. The molecule has 0 radical (unpaired) electrons. The topological polar surface area (TPSA) is 20.2 Å². The van der Waals surface area contributed by atoms with Crippen LogP contribution in [-0.2, 0) is 6.42 Å². The van der Waals surface area contributed by atoms with E-state index in [1.165, 1.54) is 5.57 Å². The lowest BCUT2D eigenvalue weighted by Gasteiger charge is -2.17. The zero-order valence-corrected chi connectivity index (χ0v) is 10.4. The SMILES string of the molecule is OC1C=C(Cc2ccc(Cl)c(Cl)c2)CCC1. The Bertz CT molecular complexity index is 412. The highest BCUT2D eigenvalue weighted by Crippen LogP contribution is 2.26. The summed E-state index contributed by atoms with van der Waals surface area (Å²) in [5.41, 5.74) is 2.44. The number of aliphatic hydroxyl groups excluding tert-OH is 1. The molecule has 1 aromatic carbocycles. The maximum Gasteiger partial charge on any atom is 0.0723 e. The molecule has 0 aliphatic heterocycles. The van der Waals surface area contributed by atoms with Gasteiger partial charge in [0.05, 0.1) is 16.1 Å². The van der Waals surface area contributed by atoms with E-state index in [2.05, 4.69) is 0 Å². The van der Waals surface area contributed by atoms with Gasteiger partial charge in [0, 0.05) is 0 Å². The van der Waals surface area contributed by atoms with Crippen LogP contribution in [0.25, 0.3) is 0 Å². The van der Waals surface area contributed by atoms with Crippen molar-refractivity contribution in [1.29, 1.82) is 0 Å². The lowest BCUT2D eigenvalue weighted by atomic mass is 9.93. The van der Waals surface area contributed by atoms with E-state index in [-0.39, 0.29) is 6.10 Å². The Kier molecular flexibility index (Phi) is 3.91.